The molecule has 0 atom stereocenters. The van der Waals surface area contributed by atoms with Crippen LogP contribution in [0, 0.1) is 0 Å². The lowest BCUT2D eigenvalue weighted by Crippen LogP contribution is -2.51. The van der Waals surface area contributed by atoms with Crippen molar-refractivity contribution in [3.63, 3.8) is 0 Å². The van der Waals surface area contributed by atoms with Crippen molar-refractivity contribution in [2.75, 3.05) is 37.6 Å². The van der Waals surface area contributed by atoms with Crippen LogP contribution in [0.15, 0.2) is 21.9 Å². The number of aromatic amines is 1. The predicted octanol–water partition coefficient (Wildman–Crippen LogP) is 0.469. The summed E-state index contributed by atoms with van der Waals surface area (Å²) >= 11 is 0. The molecule has 2 amide bonds. The van der Waals surface area contributed by atoms with Crippen molar-refractivity contribution >= 4 is 17.8 Å². The Labute approximate surface area is 209 Å². The van der Waals surface area contributed by atoms with E-state index >= 15 is 0 Å². The van der Waals surface area contributed by atoms with Crippen molar-refractivity contribution in [2.24, 2.45) is 0 Å². The molecule has 0 saturated carbocycles. The van der Waals surface area contributed by atoms with Crippen LogP contribution in [0.5, 0.6) is 0 Å². The standard InChI is InChI=1S/C23H28F3N7O4/c24-23(25,26)17-6-8-27-21(29-17)32-12-10-31(11-13-32)19(35)14-28-18(34)7-9-33-16-5-3-1-2-4-15(16)20(36)30-22(33)37/h6,8H,1-5,7,9-14H2,(H,28,34)(H,30,36,37). The first kappa shape index (κ1) is 26.4. The summed E-state index contributed by atoms with van der Waals surface area (Å²) in [6.45, 7) is 0.841. The second-order valence-corrected chi connectivity index (χ2v) is 9.03. The summed E-state index contributed by atoms with van der Waals surface area (Å²) in [5.74, 6) is -0.788. The quantitative estimate of drug-likeness (QED) is 0.526. The van der Waals surface area contributed by atoms with E-state index in [2.05, 4.69) is 20.3 Å². The third-order valence-electron chi connectivity index (χ3n) is 6.60. The van der Waals surface area contributed by atoms with E-state index in [0.717, 1.165) is 31.5 Å². The van der Waals surface area contributed by atoms with Gasteiger partial charge in [0.25, 0.3) is 5.56 Å². The number of fused-ring (bicyclic) bond motifs is 1. The highest BCUT2D eigenvalue weighted by molar-refractivity contribution is 5.84. The fourth-order valence-electron chi connectivity index (χ4n) is 4.61. The number of nitrogens with zero attached hydrogens (tertiary/aromatic N) is 5. The Morgan fingerprint density at radius 2 is 1.78 bits per heavy atom. The lowest BCUT2D eigenvalue weighted by Gasteiger charge is -2.34. The molecule has 200 valence electrons. The number of anilines is 1. The number of alkyl halides is 3. The Hall–Kier alpha value is -3.71. The molecule has 0 bridgehead atoms. The predicted molar refractivity (Wildman–Crippen MR) is 126 cm³/mol. The van der Waals surface area contributed by atoms with Gasteiger partial charge in [0.1, 0.15) is 5.69 Å². The maximum atomic E-state index is 12.9. The van der Waals surface area contributed by atoms with Gasteiger partial charge in [-0.1, -0.05) is 6.42 Å². The van der Waals surface area contributed by atoms with Gasteiger partial charge in [-0.3, -0.25) is 23.9 Å². The highest BCUT2D eigenvalue weighted by Crippen LogP contribution is 2.28. The zero-order valence-electron chi connectivity index (χ0n) is 20.1. The minimum Gasteiger partial charge on any atom is -0.347 e. The van der Waals surface area contributed by atoms with Crippen LogP contribution in [0.3, 0.4) is 0 Å². The summed E-state index contributed by atoms with van der Waals surface area (Å²) in [5.41, 5.74) is -0.663. The van der Waals surface area contributed by atoms with Gasteiger partial charge in [-0.2, -0.15) is 13.2 Å². The number of carbonyl (C=O) groups is 2. The molecule has 11 nitrogen and oxygen atoms in total. The van der Waals surface area contributed by atoms with Crippen LogP contribution in [-0.2, 0) is 35.2 Å². The summed E-state index contributed by atoms with van der Waals surface area (Å²) in [6.07, 6.45) is 0.347. The summed E-state index contributed by atoms with van der Waals surface area (Å²) in [7, 11) is 0. The molecule has 1 aliphatic heterocycles. The Bertz CT molecular complexity index is 1270. The van der Waals surface area contributed by atoms with Gasteiger partial charge in [0.15, 0.2) is 0 Å². The number of amides is 2. The third-order valence-corrected chi connectivity index (χ3v) is 6.60. The van der Waals surface area contributed by atoms with Crippen molar-refractivity contribution in [3.05, 3.63) is 50.1 Å². The van der Waals surface area contributed by atoms with Crippen molar-refractivity contribution in [2.45, 2.75) is 51.2 Å². The van der Waals surface area contributed by atoms with Gasteiger partial charge >= 0.3 is 11.9 Å². The van der Waals surface area contributed by atoms with E-state index in [4.69, 9.17) is 0 Å². The molecule has 0 aromatic carbocycles. The number of halogens is 3. The Kier molecular flexibility index (Phi) is 7.93. The molecule has 2 aromatic rings. The summed E-state index contributed by atoms with van der Waals surface area (Å²) in [5, 5.41) is 2.56. The number of piperazine rings is 1. The van der Waals surface area contributed by atoms with Crippen LogP contribution < -0.4 is 21.5 Å². The van der Waals surface area contributed by atoms with Crippen LogP contribution in [0.4, 0.5) is 19.1 Å². The lowest BCUT2D eigenvalue weighted by molar-refractivity contribution is -0.141. The van der Waals surface area contributed by atoms with Gasteiger partial charge in [-0.25, -0.2) is 14.8 Å². The van der Waals surface area contributed by atoms with E-state index in [1.165, 1.54) is 9.47 Å². The van der Waals surface area contributed by atoms with Crippen LogP contribution in [-0.4, -0.2) is 69.0 Å². The van der Waals surface area contributed by atoms with Crippen molar-refractivity contribution in [1.29, 1.82) is 0 Å². The smallest absolute Gasteiger partial charge is 0.347 e. The number of hydrogen-bond donors (Lipinski definition) is 2. The molecule has 14 heteroatoms. The maximum absolute atomic E-state index is 12.9. The highest BCUT2D eigenvalue weighted by Gasteiger charge is 2.33. The molecular formula is C23H28F3N7O4. The fourth-order valence-corrected chi connectivity index (χ4v) is 4.61. The second kappa shape index (κ2) is 11.1. The molecule has 1 saturated heterocycles. The average molecular weight is 524 g/mol. The molecular weight excluding hydrogens is 495 g/mol. The van der Waals surface area contributed by atoms with E-state index in [1.807, 2.05) is 0 Å². The molecule has 2 aromatic heterocycles. The van der Waals surface area contributed by atoms with Crippen molar-refractivity contribution in [3.8, 4) is 0 Å². The van der Waals surface area contributed by atoms with Crippen LogP contribution >= 0.6 is 0 Å². The van der Waals surface area contributed by atoms with Gasteiger partial charge in [0, 0.05) is 56.6 Å². The van der Waals surface area contributed by atoms with E-state index in [0.29, 0.717) is 24.1 Å². The summed E-state index contributed by atoms with van der Waals surface area (Å²) in [4.78, 5) is 62.3. The number of carbonyl (C=O) groups excluding carboxylic acids is 2. The second-order valence-electron chi connectivity index (χ2n) is 9.03. The Morgan fingerprint density at radius 3 is 2.51 bits per heavy atom. The monoisotopic (exact) mass is 523 g/mol. The average Bonchev–Trinajstić information content (AvgIpc) is 3.13. The number of aromatic nitrogens is 4. The largest absolute Gasteiger partial charge is 0.433 e. The first-order valence-corrected chi connectivity index (χ1v) is 12.2. The topological polar surface area (TPSA) is 133 Å². The van der Waals surface area contributed by atoms with Crippen molar-refractivity contribution < 1.29 is 22.8 Å². The van der Waals surface area contributed by atoms with Crippen molar-refractivity contribution in [1.82, 2.24) is 29.7 Å². The summed E-state index contributed by atoms with van der Waals surface area (Å²) in [6, 6.07) is 0.801. The molecule has 37 heavy (non-hydrogen) atoms. The van der Waals surface area contributed by atoms with Gasteiger partial charge in [0.2, 0.25) is 17.8 Å². The minimum atomic E-state index is -4.57. The van der Waals surface area contributed by atoms with Gasteiger partial charge < -0.3 is 15.1 Å². The van der Waals surface area contributed by atoms with Gasteiger partial charge in [-0.15, -0.1) is 0 Å². The Balaban J connectivity index is 1.26. The molecule has 3 heterocycles. The SMILES string of the molecule is O=C(CCn1c2c(c(=O)[nH]c1=O)CCCCC2)NCC(=O)N1CCN(c2nccc(C(F)(F)F)n2)CC1. The van der Waals surface area contributed by atoms with E-state index in [9.17, 15) is 32.3 Å². The molecule has 0 radical (unpaired) electrons. The fraction of sp³-hybridized carbons (Fsp3) is 0.565. The maximum Gasteiger partial charge on any atom is 0.433 e. The van der Waals surface area contributed by atoms with Crippen LogP contribution in [0.2, 0.25) is 0 Å². The highest BCUT2D eigenvalue weighted by atomic mass is 19.4. The summed E-state index contributed by atoms with van der Waals surface area (Å²) < 4.78 is 40.2. The zero-order valence-corrected chi connectivity index (χ0v) is 20.1. The van der Waals surface area contributed by atoms with Gasteiger partial charge in [-0.05, 0) is 31.7 Å². The lowest BCUT2D eigenvalue weighted by atomic mass is 10.1. The van der Waals surface area contributed by atoms with Gasteiger partial charge in [0.05, 0.1) is 6.54 Å². The molecule has 2 N–H and O–H groups in total. The number of hydrogen-bond acceptors (Lipinski definition) is 7. The molecule has 4 rings (SSSR count). The Morgan fingerprint density at radius 1 is 1.05 bits per heavy atom. The van der Waals surface area contributed by atoms with Crippen LogP contribution in [0.1, 0.15) is 42.6 Å². The number of H-pyrrole nitrogens is 1. The minimum absolute atomic E-state index is 0.0354. The van der Waals surface area contributed by atoms with E-state index in [-0.39, 0.29) is 63.1 Å². The van der Waals surface area contributed by atoms with E-state index in [1.54, 1.807) is 4.90 Å². The molecule has 1 aliphatic carbocycles. The number of nitrogens with one attached hydrogen (secondary N) is 2. The number of rotatable bonds is 6. The van der Waals surface area contributed by atoms with Crippen LogP contribution in [0.25, 0.3) is 0 Å². The zero-order chi connectivity index (χ0) is 26.6. The molecule has 0 spiro atoms. The van der Waals surface area contributed by atoms with E-state index < -0.39 is 23.5 Å². The first-order valence-electron chi connectivity index (χ1n) is 12.2. The third kappa shape index (κ3) is 6.35. The molecule has 2 aliphatic rings. The normalized spacial score (nSPS) is 16.2. The molecule has 0 unspecified atom stereocenters. The first-order chi connectivity index (χ1) is 17.6. The molecule has 1 fully saturated rings.